The van der Waals surface area contributed by atoms with E-state index >= 15 is 0 Å². The number of pyridine rings is 1. The summed E-state index contributed by atoms with van der Waals surface area (Å²) in [7, 11) is 0. The zero-order chi connectivity index (χ0) is 17.7. The average molecular weight is 367 g/mol. The van der Waals surface area contributed by atoms with Gasteiger partial charge in [-0.2, -0.15) is 0 Å². The number of nitrogens with zero attached hydrogens (tertiary/aromatic N) is 2. The van der Waals surface area contributed by atoms with Gasteiger partial charge in [0.25, 0.3) is 5.56 Å². The molecule has 0 amide bonds. The maximum atomic E-state index is 12.5. The first-order chi connectivity index (χ1) is 12.7. The summed E-state index contributed by atoms with van der Waals surface area (Å²) in [5, 5.41) is 1.91. The molecule has 1 aliphatic heterocycles. The second-order valence-corrected chi connectivity index (χ2v) is 7.21. The molecule has 0 radical (unpaired) electrons. The van der Waals surface area contributed by atoms with Crippen LogP contribution in [-0.2, 0) is 4.74 Å². The van der Waals surface area contributed by atoms with E-state index < -0.39 is 0 Å². The number of morpholine rings is 1. The van der Waals surface area contributed by atoms with Crippen molar-refractivity contribution in [1.29, 1.82) is 0 Å². The number of imidazole rings is 1. The van der Waals surface area contributed by atoms with Gasteiger partial charge in [-0.15, -0.1) is 11.3 Å². The molecule has 1 aliphatic rings. The summed E-state index contributed by atoms with van der Waals surface area (Å²) in [4.78, 5) is 25.5. The molecule has 0 saturated carbocycles. The Labute approximate surface area is 152 Å². The van der Waals surface area contributed by atoms with Gasteiger partial charge in [0.1, 0.15) is 11.4 Å². The summed E-state index contributed by atoms with van der Waals surface area (Å²) < 4.78 is 6.28. The molecule has 132 valence electrons. The van der Waals surface area contributed by atoms with E-state index in [9.17, 15) is 4.79 Å². The van der Waals surface area contributed by atoms with Crippen LogP contribution in [-0.4, -0.2) is 41.3 Å². The van der Waals surface area contributed by atoms with Crippen molar-refractivity contribution in [2.24, 2.45) is 0 Å². The van der Waals surface area contributed by atoms with Crippen LogP contribution in [0.5, 0.6) is 0 Å². The molecular weight excluding hydrogens is 350 g/mol. The minimum Gasteiger partial charge on any atom is -0.397 e. The molecule has 0 atom stereocenters. The summed E-state index contributed by atoms with van der Waals surface area (Å²) in [6, 6.07) is 7.93. The van der Waals surface area contributed by atoms with Crippen LogP contribution in [0.4, 0.5) is 11.4 Å². The standard InChI is InChI=1S/C18H17N5O2S/c19-15-14(18(24)22-12-3-8-26-16(12)15)17-20-11-2-1-10(9-13(11)21-17)23-4-6-25-7-5-23/h1-3,8-9H,4-7H2,(H,20,21)(H3,19,22,24). The van der Waals surface area contributed by atoms with Gasteiger partial charge in [-0.1, -0.05) is 0 Å². The zero-order valence-corrected chi connectivity index (χ0v) is 14.7. The quantitative estimate of drug-likeness (QED) is 0.506. The molecule has 4 N–H and O–H groups in total. The van der Waals surface area contributed by atoms with Crippen LogP contribution < -0.4 is 16.2 Å². The van der Waals surface area contributed by atoms with Gasteiger partial charge in [0, 0.05) is 18.8 Å². The normalized spacial score (nSPS) is 15.2. The molecule has 1 fully saturated rings. The van der Waals surface area contributed by atoms with Crippen molar-refractivity contribution in [2.45, 2.75) is 0 Å². The van der Waals surface area contributed by atoms with Crippen molar-refractivity contribution in [1.82, 2.24) is 15.0 Å². The van der Waals surface area contributed by atoms with Crippen molar-refractivity contribution in [3.8, 4) is 11.4 Å². The Kier molecular flexibility index (Phi) is 3.47. The minimum absolute atomic E-state index is 0.235. The molecule has 0 spiro atoms. The van der Waals surface area contributed by atoms with E-state index in [-0.39, 0.29) is 5.56 Å². The number of anilines is 2. The highest BCUT2D eigenvalue weighted by molar-refractivity contribution is 7.17. The summed E-state index contributed by atoms with van der Waals surface area (Å²) in [6.45, 7) is 3.21. The van der Waals surface area contributed by atoms with Gasteiger partial charge in [-0.3, -0.25) is 4.79 Å². The van der Waals surface area contributed by atoms with Crippen LogP contribution in [0.3, 0.4) is 0 Å². The van der Waals surface area contributed by atoms with E-state index in [1.807, 2.05) is 23.6 Å². The van der Waals surface area contributed by atoms with Gasteiger partial charge < -0.3 is 25.3 Å². The van der Waals surface area contributed by atoms with Gasteiger partial charge in [0.05, 0.1) is 40.2 Å². The smallest absolute Gasteiger partial charge is 0.261 e. The Morgan fingerprint density at radius 1 is 1.15 bits per heavy atom. The van der Waals surface area contributed by atoms with E-state index in [4.69, 9.17) is 10.5 Å². The number of ether oxygens (including phenoxy) is 1. The number of H-pyrrole nitrogens is 2. The molecule has 0 unspecified atom stereocenters. The number of benzene rings is 1. The molecule has 26 heavy (non-hydrogen) atoms. The largest absolute Gasteiger partial charge is 0.397 e. The molecule has 0 aliphatic carbocycles. The fourth-order valence-corrected chi connectivity index (χ4v) is 4.22. The minimum atomic E-state index is -0.235. The van der Waals surface area contributed by atoms with Crippen molar-refractivity contribution in [2.75, 3.05) is 36.9 Å². The number of rotatable bonds is 2. The van der Waals surface area contributed by atoms with Crippen LogP contribution in [0, 0.1) is 0 Å². The molecule has 4 aromatic rings. The predicted octanol–water partition coefficient (Wildman–Crippen LogP) is 2.55. The fraction of sp³-hybridized carbons (Fsp3) is 0.222. The maximum absolute atomic E-state index is 12.5. The van der Waals surface area contributed by atoms with Crippen LogP contribution in [0.1, 0.15) is 0 Å². The van der Waals surface area contributed by atoms with Crippen LogP contribution in [0.2, 0.25) is 0 Å². The first-order valence-corrected chi connectivity index (χ1v) is 9.30. The highest BCUT2D eigenvalue weighted by Crippen LogP contribution is 2.32. The van der Waals surface area contributed by atoms with Crippen LogP contribution >= 0.6 is 11.3 Å². The number of hydrogen-bond acceptors (Lipinski definition) is 6. The molecule has 8 heteroatoms. The van der Waals surface area contributed by atoms with Crippen molar-refractivity contribution >= 4 is 44.0 Å². The maximum Gasteiger partial charge on any atom is 0.261 e. The zero-order valence-electron chi connectivity index (χ0n) is 13.9. The van der Waals surface area contributed by atoms with Crippen LogP contribution in [0.25, 0.3) is 32.6 Å². The third-order valence-corrected chi connectivity index (χ3v) is 5.68. The molecule has 7 nitrogen and oxygen atoms in total. The van der Waals surface area contributed by atoms with Gasteiger partial charge >= 0.3 is 0 Å². The van der Waals surface area contributed by atoms with Crippen molar-refractivity contribution in [3.63, 3.8) is 0 Å². The Morgan fingerprint density at radius 3 is 2.85 bits per heavy atom. The third-order valence-electron chi connectivity index (χ3n) is 4.73. The second-order valence-electron chi connectivity index (χ2n) is 6.29. The Balaban J connectivity index is 1.63. The first kappa shape index (κ1) is 15.4. The van der Waals surface area contributed by atoms with Crippen molar-refractivity contribution < 1.29 is 4.74 Å². The topological polar surface area (TPSA) is 100 Å². The average Bonchev–Trinajstić information content (AvgIpc) is 3.28. The Morgan fingerprint density at radius 2 is 2.00 bits per heavy atom. The van der Waals surface area contributed by atoms with E-state index in [0.717, 1.165) is 53.2 Å². The summed E-state index contributed by atoms with van der Waals surface area (Å²) in [5.74, 6) is 0.494. The number of hydrogen-bond donors (Lipinski definition) is 3. The van der Waals surface area contributed by atoms with Crippen LogP contribution in [0.15, 0.2) is 34.4 Å². The Hall–Kier alpha value is -2.84. The third kappa shape index (κ3) is 2.38. The number of aromatic amines is 2. The van der Waals surface area contributed by atoms with Gasteiger partial charge in [0.2, 0.25) is 0 Å². The SMILES string of the molecule is Nc1c(-c2nc3ccc(N4CCOCC4)cc3[nH]2)c(=O)[nH]c2ccsc12. The van der Waals surface area contributed by atoms with E-state index in [2.05, 4.69) is 25.9 Å². The second kappa shape index (κ2) is 5.86. The molecule has 1 aromatic carbocycles. The predicted molar refractivity (Wildman–Crippen MR) is 105 cm³/mol. The van der Waals surface area contributed by atoms with Gasteiger partial charge in [0.15, 0.2) is 0 Å². The van der Waals surface area contributed by atoms with E-state index in [0.29, 0.717) is 17.1 Å². The monoisotopic (exact) mass is 367 g/mol. The van der Waals surface area contributed by atoms with Gasteiger partial charge in [-0.25, -0.2) is 4.98 Å². The first-order valence-electron chi connectivity index (χ1n) is 8.42. The number of aromatic nitrogens is 3. The van der Waals surface area contributed by atoms with Gasteiger partial charge in [-0.05, 0) is 29.6 Å². The lowest BCUT2D eigenvalue weighted by Gasteiger charge is -2.28. The molecule has 0 bridgehead atoms. The lowest BCUT2D eigenvalue weighted by molar-refractivity contribution is 0.122. The molecule has 4 heterocycles. The molecule has 1 saturated heterocycles. The Bertz CT molecular complexity index is 1170. The lowest BCUT2D eigenvalue weighted by Crippen LogP contribution is -2.36. The highest BCUT2D eigenvalue weighted by atomic mass is 32.1. The number of fused-ring (bicyclic) bond motifs is 2. The summed E-state index contributed by atoms with van der Waals surface area (Å²) in [5.41, 5.74) is 10.5. The molecule has 5 rings (SSSR count). The fourth-order valence-electron chi connectivity index (χ4n) is 3.41. The lowest BCUT2D eigenvalue weighted by atomic mass is 10.2. The number of nitrogen functional groups attached to an aromatic ring is 1. The highest BCUT2D eigenvalue weighted by Gasteiger charge is 2.18. The number of thiophene rings is 1. The molecular formula is C18H17N5O2S. The summed E-state index contributed by atoms with van der Waals surface area (Å²) in [6.07, 6.45) is 0. The summed E-state index contributed by atoms with van der Waals surface area (Å²) >= 11 is 1.50. The van der Waals surface area contributed by atoms with Crippen molar-refractivity contribution in [3.05, 3.63) is 40.0 Å². The molecule has 3 aromatic heterocycles. The van der Waals surface area contributed by atoms with E-state index in [1.54, 1.807) is 0 Å². The van der Waals surface area contributed by atoms with E-state index in [1.165, 1.54) is 11.3 Å². The number of nitrogens with one attached hydrogen (secondary N) is 2. The number of nitrogens with two attached hydrogens (primary N) is 1.